The lowest BCUT2D eigenvalue weighted by Crippen LogP contribution is -2.60. The van der Waals surface area contributed by atoms with E-state index < -0.39 is 11.2 Å². The largest absolute Gasteiger partial charge is 0.459 e. The number of carbonyl (C=O) groups is 1. The molecule has 2 aromatic rings. The molecule has 176 valence electrons. The molecule has 3 fully saturated rings. The quantitative estimate of drug-likeness (QED) is 0.442. The van der Waals surface area contributed by atoms with Crippen LogP contribution in [0.25, 0.3) is 0 Å². The molecule has 0 N–H and O–H groups in total. The maximum absolute atomic E-state index is 14.2. The maximum atomic E-state index is 14.2. The van der Waals surface area contributed by atoms with E-state index in [1.165, 1.54) is 43.3 Å². The van der Waals surface area contributed by atoms with Gasteiger partial charge in [-0.2, -0.15) is 0 Å². The molecule has 2 atom stereocenters. The molecule has 33 heavy (non-hydrogen) atoms. The number of hydrogen-bond donors (Lipinski definition) is 0. The van der Waals surface area contributed by atoms with Gasteiger partial charge in [-0.15, -0.1) is 0 Å². The van der Waals surface area contributed by atoms with E-state index in [9.17, 15) is 4.79 Å². The second-order valence-electron chi connectivity index (χ2n) is 11.3. The number of nitrogens with zero attached hydrogens (tertiary/aromatic N) is 1. The zero-order valence-corrected chi connectivity index (χ0v) is 20.3. The molecule has 2 unspecified atom stereocenters. The van der Waals surface area contributed by atoms with Crippen molar-refractivity contribution in [1.29, 1.82) is 0 Å². The zero-order chi connectivity index (χ0) is 23.1. The molecule has 0 radical (unpaired) electrons. The summed E-state index contributed by atoms with van der Waals surface area (Å²) in [5.41, 5.74) is -0.200. The summed E-state index contributed by atoms with van der Waals surface area (Å²) < 4.78 is 14.4. The molecule has 3 aliphatic rings. The molecule has 4 heteroatoms. The Morgan fingerprint density at radius 1 is 0.818 bits per heavy atom. The molecule has 2 bridgehead atoms. The molecule has 0 aliphatic carbocycles. The monoisotopic (exact) mass is 448 g/mol. The van der Waals surface area contributed by atoms with Crippen molar-refractivity contribution in [2.75, 3.05) is 13.1 Å². The number of benzene rings is 2. The minimum atomic E-state index is -1.29. The first-order chi connectivity index (χ1) is 15.8. The van der Waals surface area contributed by atoms with Crippen molar-refractivity contribution in [3.8, 4) is 0 Å². The second kappa shape index (κ2) is 8.56. The van der Waals surface area contributed by atoms with Crippen LogP contribution in [0, 0.1) is 0 Å². The van der Waals surface area contributed by atoms with Gasteiger partial charge in [0.15, 0.2) is 0 Å². The molecule has 2 aromatic carbocycles. The highest BCUT2D eigenvalue weighted by Gasteiger charge is 2.57. The first-order valence-corrected chi connectivity index (χ1v) is 12.7. The van der Waals surface area contributed by atoms with E-state index in [1.807, 2.05) is 81.4 Å². The van der Waals surface area contributed by atoms with Gasteiger partial charge in [-0.3, -0.25) is 0 Å². The fraction of sp³-hybridized carbons (Fsp3) is 0.552. The van der Waals surface area contributed by atoms with E-state index in [4.69, 9.17) is 9.47 Å². The first-order valence-electron chi connectivity index (χ1n) is 12.7. The number of piperidine rings is 1. The van der Waals surface area contributed by atoms with Gasteiger partial charge < -0.3 is 14.0 Å². The van der Waals surface area contributed by atoms with Gasteiger partial charge in [-0.1, -0.05) is 60.7 Å². The number of hydrogen-bond acceptors (Lipinski definition) is 3. The Kier molecular flexibility index (Phi) is 5.86. The Balaban J connectivity index is 1.49. The molecule has 3 saturated heterocycles. The van der Waals surface area contributed by atoms with Gasteiger partial charge in [0, 0.05) is 38.5 Å². The Labute approximate surface area is 198 Å². The van der Waals surface area contributed by atoms with E-state index in [2.05, 4.69) is 0 Å². The van der Waals surface area contributed by atoms with E-state index >= 15 is 0 Å². The van der Waals surface area contributed by atoms with E-state index in [1.54, 1.807) is 0 Å². The second-order valence-corrected chi connectivity index (χ2v) is 11.3. The third kappa shape index (κ3) is 4.02. The van der Waals surface area contributed by atoms with Gasteiger partial charge >= 0.3 is 5.97 Å². The number of esters is 1. The van der Waals surface area contributed by atoms with Crippen molar-refractivity contribution in [2.45, 2.75) is 88.7 Å². The van der Waals surface area contributed by atoms with Crippen molar-refractivity contribution in [2.24, 2.45) is 0 Å². The molecule has 5 rings (SSSR count). The van der Waals surface area contributed by atoms with Gasteiger partial charge in [-0.05, 0) is 31.9 Å². The zero-order valence-electron chi connectivity index (χ0n) is 20.3. The Morgan fingerprint density at radius 2 is 1.30 bits per heavy atom. The van der Waals surface area contributed by atoms with Crippen LogP contribution in [-0.4, -0.2) is 47.3 Å². The van der Waals surface area contributed by atoms with Crippen LogP contribution in [0.3, 0.4) is 0 Å². The predicted molar refractivity (Wildman–Crippen MR) is 130 cm³/mol. The van der Waals surface area contributed by atoms with Crippen LogP contribution in [0.15, 0.2) is 60.7 Å². The smallest absolute Gasteiger partial charge is 0.348 e. The third-order valence-corrected chi connectivity index (χ3v) is 8.14. The van der Waals surface area contributed by atoms with Crippen molar-refractivity contribution in [3.05, 3.63) is 71.8 Å². The van der Waals surface area contributed by atoms with Crippen LogP contribution in [0.1, 0.15) is 70.4 Å². The highest BCUT2D eigenvalue weighted by Crippen LogP contribution is 2.47. The van der Waals surface area contributed by atoms with Gasteiger partial charge in [0.25, 0.3) is 0 Å². The van der Waals surface area contributed by atoms with E-state index in [0.29, 0.717) is 12.1 Å². The molecule has 1 spiro atoms. The van der Waals surface area contributed by atoms with Crippen LogP contribution in [-0.2, 0) is 19.9 Å². The topological polar surface area (TPSA) is 35.5 Å². The maximum Gasteiger partial charge on any atom is 0.348 e. The van der Waals surface area contributed by atoms with Crippen LogP contribution in [0.2, 0.25) is 0 Å². The van der Waals surface area contributed by atoms with Gasteiger partial charge in [-0.25, -0.2) is 4.79 Å². The van der Waals surface area contributed by atoms with Crippen LogP contribution >= 0.6 is 0 Å². The molecule has 3 heterocycles. The molecular formula is C29H38NO3+. The third-order valence-electron chi connectivity index (χ3n) is 8.14. The molecule has 0 aromatic heterocycles. The fourth-order valence-electron chi connectivity index (χ4n) is 6.91. The summed E-state index contributed by atoms with van der Waals surface area (Å²) in [6.07, 6.45) is 7.19. The molecule has 0 amide bonds. The lowest BCUT2D eigenvalue weighted by Gasteiger charge is -2.47. The standard InChI is InChI=1S/C29H38NO3/c1-28(2,3)33-29(22-12-6-4-7-13-22,23-14-8-5-9-15-23)27(31)32-26-20-24-16-17-25(21-26)30(24)18-10-11-19-30/h4-9,12-15,24-26H,10-11,16-21H2,1-3H3/q+1. The van der Waals surface area contributed by atoms with E-state index in [-0.39, 0.29) is 12.1 Å². The first kappa shape index (κ1) is 22.6. The SMILES string of the molecule is CC(C)(C)OC(C(=O)OC1CC2CCC(C1)[N+]21CCCC1)(c1ccccc1)c1ccccc1. The average Bonchev–Trinajstić information content (AvgIpc) is 3.34. The lowest BCUT2D eigenvalue weighted by molar-refractivity contribution is -0.956. The summed E-state index contributed by atoms with van der Waals surface area (Å²) in [5.74, 6) is -0.283. The van der Waals surface area contributed by atoms with Crippen LogP contribution in [0.5, 0.6) is 0 Å². The van der Waals surface area contributed by atoms with Gasteiger partial charge in [0.2, 0.25) is 5.60 Å². The van der Waals surface area contributed by atoms with Gasteiger partial charge in [0.1, 0.15) is 6.10 Å². The normalized spacial score (nSPS) is 26.5. The number of quaternary nitrogens is 1. The summed E-state index contributed by atoms with van der Waals surface area (Å²) in [6.45, 7) is 8.65. The summed E-state index contributed by atoms with van der Waals surface area (Å²) in [4.78, 5) is 14.2. The minimum absolute atomic E-state index is 0.0327. The van der Waals surface area contributed by atoms with E-state index in [0.717, 1.165) is 24.0 Å². The predicted octanol–water partition coefficient (Wildman–Crippen LogP) is 5.59. The van der Waals surface area contributed by atoms with Crippen molar-refractivity contribution in [3.63, 3.8) is 0 Å². The number of rotatable bonds is 5. The number of ether oxygens (including phenoxy) is 2. The highest BCUT2D eigenvalue weighted by atomic mass is 16.6. The summed E-state index contributed by atoms with van der Waals surface area (Å²) in [5, 5.41) is 0. The molecular weight excluding hydrogens is 410 g/mol. The van der Waals surface area contributed by atoms with Crippen LogP contribution < -0.4 is 0 Å². The van der Waals surface area contributed by atoms with Crippen molar-refractivity contribution < 1.29 is 18.8 Å². The summed E-state index contributed by atoms with van der Waals surface area (Å²) >= 11 is 0. The minimum Gasteiger partial charge on any atom is -0.459 e. The Morgan fingerprint density at radius 3 is 1.76 bits per heavy atom. The fourth-order valence-corrected chi connectivity index (χ4v) is 6.91. The molecule has 3 aliphatic heterocycles. The Bertz CT molecular complexity index is 904. The summed E-state index contributed by atoms with van der Waals surface area (Å²) in [7, 11) is 0. The van der Waals surface area contributed by atoms with Crippen molar-refractivity contribution in [1.82, 2.24) is 0 Å². The highest BCUT2D eigenvalue weighted by molar-refractivity contribution is 5.86. The Hall–Kier alpha value is -2.17. The number of carbonyl (C=O) groups excluding carboxylic acids is 1. The van der Waals surface area contributed by atoms with Crippen LogP contribution in [0.4, 0.5) is 0 Å². The van der Waals surface area contributed by atoms with Crippen molar-refractivity contribution >= 4 is 5.97 Å². The summed E-state index contributed by atoms with van der Waals surface area (Å²) in [6, 6.07) is 21.0. The molecule has 4 nitrogen and oxygen atoms in total. The average molecular weight is 449 g/mol. The van der Waals surface area contributed by atoms with Gasteiger partial charge in [0.05, 0.1) is 30.8 Å². The molecule has 0 saturated carbocycles. The lowest BCUT2D eigenvalue weighted by atomic mass is 9.84.